The maximum absolute atomic E-state index is 10.5. The predicted octanol–water partition coefficient (Wildman–Crippen LogP) is 3.02. The number of hydrogen-bond acceptors (Lipinski definition) is 3. The Morgan fingerprint density at radius 2 is 2.00 bits per heavy atom. The first-order valence-electron chi connectivity index (χ1n) is 5.20. The van der Waals surface area contributed by atoms with Crippen molar-refractivity contribution in [1.29, 1.82) is 0 Å². The molecule has 0 spiro atoms. The number of phenolic OH excluding ortho intramolecular Hbond substituents is 1. The molecule has 2 N–H and O–H groups in total. The highest BCUT2D eigenvalue weighted by Crippen LogP contribution is 2.36. The van der Waals surface area contributed by atoms with Crippen molar-refractivity contribution in [3.63, 3.8) is 0 Å². The fourth-order valence-electron chi connectivity index (χ4n) is 1.77. The number of aromatic hydroxyl groups is 1. The number of carboxylic acid groups (broad SMARTS) is 1. The topological polar surface area (TPSA) is 66.8 Å². The Balaban J connectivity index is 3.26. The molecule has 0 aliphatic carbocycles. The summed E-state index contributed by atoms with van der Waals surface area (Å²) in [4.78, 5) is 10.5. The molecule has 1 aromatic carbocycles. The summed E-state index contributed by atoms with van der Waals surface area (Å²) in [5.41, 5.74) is 2.33. The van der Waals surface area contributed by atoms with E-state index in [4.69, 9.17) is 5.11 Å². The molecular formula is C12H16O4. The summed E-state index contributed by atoms with van der Waals surface area (Å²) in [5, 5.41) is 18.5. The highest BCUT2D eigenvalue weighted by molar-refractivity contribution is 5.66. The molecule has 0 unspecified atom stereocenters. The lowest BCUT2D eigenvalue weighted by molar-refractivity contribution is 0.142. The standard InChI is InChI=1S/C12H16O4/c1-4-5-9-7(2)6-8(3)11(10(9)13)16-12(14)15/h6,13H,4-5H2,1-3H3,(H,14,15). The van der Waals surface area contributed by atoms with Crippen LogP contribution >= 0.6 is 0 Å². The fraction of sp³-hybridized carbons (Fsp3) is 0.417. The van der Waals surface area contributed by atoms with Crippen molar-refractivity contribution in [3.8, 4) is 11.5 Å². The first-order chi connectivity index (χ1) is 7.47. The van der Waals surface area contributed by atoms with E-state index in [-0.39, 0.29) is 11.5 Å². The van der Waals surface area contributed by atoms with Crippen molar-refractivity contribution in [1.82, 2.24) is 0 Å². The number of ether oxygens (including phenoxy) is 1. The van der Waals surface area contributed by atoms with Gasteiger partial charge in [-0.25, -0.2) is 4.79 Å². The molecule has 0 atom stereocenters. The third-order valence-electron chi connectivity index (χ3n) is 2.46. The van der Waals surface area contributed by atoms with E-state index in [0.29, 0.717) is 12.0 Å². The van der Waals surface area contributed by atoms with E-state index >= 15 is 0 Å². The second-order valence-corrected chi connectivity index (χ2v) is 3.78. The van der Waals surface area contributed by atoms with Crippen LogP contribution < -0.4 is 4.74 Å². The largest absolute Gasteiger partial charge is 0.511 e. The van der Waals surface area contributed by atoms with E-state index in [9.17, 15) is 9.90 Å². The lowest BCUT2D eigenvalue weighted by Gasteiger charge is -2.13. The van der Waals surface area contributed by atoms with Crippen molar-refractivity contribution in [2.75, 3.05) is 0 Å². The SMILES string of the molecule is CCCc1c(C)cc(C)c(OC(=O)O)c1O. The Labute approximate surface area is 94.5 Å². The van der Waals surface area contributed by atoms with E-state index in [0.717, 1.165) is 17.5 Å². The van der Waals surface area contributed by atoms with Crippen molar-refractivity contribution in [2.45, 2.75) is 33.6 Å². The lowest BCUT2D eigenvalue weighted by atomic mass is 9.99. The Bertz CT molecular complexity index is 410. The number of aryl methyl sites for hydroxylation is 2. The number of rotatable bonds is 3. The molecule has 0 fully saturated rings. The van der Waals surface area contributed by atoms with Crippen molar-refractivity contribution >= 4 is 6.16 Å². The second-order valence-electron chi connectivity index (χ2n) is 3.78. The zero-order chi connectivity index (χ0) is 12.3. The smallest absolute Gasteiger partial charge is 0.504 e. The molecule has 4 heteroatoms. The normalized spacial score (nSPS) is 10.2. The number of benzene rings is 1. The minimum Gasteiger partial charge on any atom is -0.504 e. The van der Waals surface area contributed by atoms with Crippen molar-refractivity contribution in [2.24, 2.45) is 0 Å². The van der Waals surface area contributed by atoms with Gasteiger partial charge in [0.25, 0.3) is 0 Å². The number of carbonyl (C=O) groups is 1. The van der Waals surface area contributed by atoms with Gasteiger partial charge in [-0.1, -0.05) is 19.4 Å². The molecule has 1 aromatic rings. The highest BCUT2D eigenvalue weighted by Gasteiger charge is 2.16. The Morgan fingerprint density at radius 1 is 1.38 bits per heavy atom. The van der Waals surface area contributed by atoms with Crippen LogP contribution in [0.4, 0.5) is 4.79 Å². The highest BCUT2D eigenvalue weighted by atomic mass is 16.7. The summed E-state index contributed by atoms with van der Waals surface area (Å²) in [6.07, 6.45) is 0.169. The Kier molecular flexibility index (Phi) is 3.77. The van der Waals surface area contributed by atoms with E-state index in [1.165, 1.54) is 0 Å². The zero-order valence-corrected chi connectivity index (χ0v) is 9.70. The van der Waals surface area contributed by atoms with Gasteiger partial charge in [-0.15, -0.1) is 0 Å². The summed E-state index contributed by atoms with van der Waals surface area (Å²) in [5.74, 6) is -0.0108. The van der Waals surface area contributed by atoms with Gasteiger partial charge >= 0.3 is 6.16 Å². The van der Waals surface area contributed by atoms with Crippen LogP contribution in [0, 0.1) is 13.8 Å². The molecular weight excluding hydrogens is 208 g/mol. The van der Waals surface area contributed by atoms with Crippen LogP contribution in [0.15, 0.2) is 6.07 Å². The minimum absolute atomic E-state index is 0.0431. The van der Waals surface area contributed by atoms with Gasteiger partial charge in [-0.05, 0) is 31.4 Å². The average Bonchev–Trinajstić information content (AvgIpc) is 2.19. The Hall–Kier alpha value is -1.71. The monoisotopic (exact) mass is 224 g/mol. The van der Waals surface area contributed by atoms with Gasteiger partial charge in [0.15, 0.2) is 11.5 Å². The molecule has 0 radical (unpaired) electrons. The zero-order valence-electron chi connectivity index (χ0n) is 9.70. The fourth-order valence-corrected chi connectivity index (χ4v) is 1.77. The van der Waals surface area contributed by atoms with Gasteiger partial charge in [0.1, 0.15) is 0 Å². The van der Waals surface area contributed by atoms with Crippen LogP contribution in [-0.4, -0.2) is 16.4 Å². The molecule has 0 saturated heterocycles. The first-order valence-corrected chi connectivity index (χ1v) is 5.20. The van der Waals surface area contributed by atoms with Crippen molar-refractivity contribution < 1.29 is 19.7 Å². The van der Waals surface area contributed by atoms with Crippen LogP contribution in [0.5, 0.6) is 11.5 Å². The molecule has 1 rings (SSSR count). The Morgan fingerprint density at radius 3 is 2.50 bits per heavy atom. The van der Waals surface area contributed by atoms with Gasteiger partial charge in [0, 0.05) is 5.56 Å². The van der Waals surface area contributed by atoms with Crippen LogP contribution in [-0.2, 0) is 6.42 Å². The molecule has 0 bridgehead atoms. The second kappa shape index (κ2) is 4.88. The summed E-state index contributed by atoms with van der Waals surface area (Å²) in [7, 11) is 0. The summed E-state index contributed by atoms with van der Waals surface area (Å²) >= 11 is 0. The lowest BCUT2D eigenvalue weighted by Crippen LogP contribution is -2.06. The molecule has 0 aliphatic rings. The summed E-state index contributed by atoms with van der Waals surface area (Å²) in [6.45, 7) is 5.60. The summed E-state index contributed by atoms with van der Waals surface area (Å²) < 4.78 is 4.58. The molecule has 0 amide bonds. The predicted molar refractivity (Wildman–Crippen MR) is 60.2 cm³/mol. The first kappa shape index (κ1) is 12.4. The molecule has 0 heterocycles. The minimum atomic E-state index is -1.41. The maximum atomic E-state index is 10.5. The van der Waals surface area contributed by atoms with Gasteiger partial charge in [0.2, 0.25) is 0 Å². The quantitative estimate of drug-likeness (QED) is 0.611. The molecule has 0 saturated carbocycles. The molecule has 0 aromatic heterocycles. The summed E-state index contributed by atoms with van der Waals surface area (Å²) in [6, 6.07) is 1.82. The van der Waals surface area contributed by atoms with Gasteiger partial charge in [0.05, 0.1) is 0 Å². The number of hydrogen-bond donors (Lipinski definition) is 2. The maximum Gasteiger partial charge on any atom is 0.511 e. The molecule has 16 heavy (non-hydrogen) atoms. The van der Waals surface area contributed by atoms with Crippen LogP contribution in [0.25, 0.3) is 0 Å². The van der Waals surface area contributed by atoms with Gasteiger partial charge in [-0.2, -0.15) is 0 Å². The van der Waals surface area contributed by atoms with Crippen LogP contribution in [0.3, 0.4) is 0 Å². The molecule has 88 valence electrons. The third kappa shape index (κ3) is 2.45. The van der Waals surface area contributed by atoms with E-state index in [1.807, 2.05) is 19.9 Å². The molecule has 4 nitrogen and oxygen atoms in total. The van der Waals surface area contributed by atoms with E-state index in [1.54, 1.807) is 6.92 Å². The number of phenols is 1. The average molecular weight is 224 g/mol. The van der Waals surface area contributed by atoms with Gasteiger partial charge in [-0.3, -0.25) is 0 Å². The van der Waals surface area contributed by atoms with Gasteiger partial charge < -0.3 is 14.9 Å². The molecule has 0 aliphatic heterocycles. The third-order valence-corrected chi connectivity index (χ3v) is 2.46. The van der Waals surface area contributed by atoms with Crippen LogP contribution in [0.2, 0.25) is 0 Å². The van der Waals surface area contributed by atoms with E-state index < -0.39 is 6.16 Å². The van der Waals surface area contributed by atoms with Crippen LogP contribution in [0.1, 0.15) is 30.0 Å². The van der Waals surface area contributed by atoms with E-state index in [2.05, 4.69) is 4.74 Å². The van der Waals surface area contributed by atoms with Crippen molar-refractivity contribution in [3.05, 3.63) is 22.8 Å².